The van der Waals surface area contributed by atoms with Gasteiger partial charge in [-0.05, 0) is 67.4 Å². The van der Waals surface area contributed by atoms with Gasteiger partial charge in [-0.1, -0.05) is 49.4 Å². The number of piperidine rings is 1. The molecular formula is C27H38N4O. The van der Waals surface area contributed by atoms with E-state index in [0.29, 0.717) is 13.1 Å². The number of likely N-dealkylation sites (tertiary alicyclic amines) is 1. The zero-order chi connectivity index (χ0) is 22.3. The largest absolute Gasteiger partial charge is 0.371 e. The molecule has 0 bridgehead atoms. The number of hydrogen-bond acceptors (Lipinski definition) is 3. The number of hydrogen-bond donors (Lipinski definition) is 1. The van der Waals surface area contributed by atoms with E-state index in [4.69, 9.17) is 0 Å². The van der Waals surface area contributed by atoms with Gasteiger partial charge in [-0.15, -0.1) is 0 Å². The van der Waals surface area contributed by atoms with Crippen molar-refractivity contribution in [3.05, 3.63) is 65.2 Å². The molecule has 32 heavy (non-hydrogen) atoms. The molecule has 0 atom stereocenters. The monoisotopic (exact) mass is 434 g/mol. The number of amides is 2. The van der Waals surface area contributed by atoms with Gasteiger partial charge >= 0.3 is 6.03 Å². The third-order valence-corrected chi connectivity index (χ3v) is 6.94. The van der Waals surface area contributed by atoms with Crippen molar-refractivity contribution in [3.63, 3.8) is 0 Å². The van der Waals surface area contributed by atoms with Gasteiger partial charge < -0.3 is 15.1 Å². The minimum atomic E-state index is -0.0345. The first-order chi connectivity index (χ1) is 15.6. The van der Waals surface area contributed by atoms with Gasteiger partial charge in [0.1, 0.15) is 0 Å². The van der Waals surface area contributed by atoms with Crippen LogP contribution >= 0.6 is 0 Å². The van der Waals surface area contributed by atoms with E-state index in [0.717, 1.165) is 31.1 Å². The van der Waals surface area contributed by atoms with Crippen molar-refractivity contribution in [1.82, 2.24) is 15.1 Å². The van der Waals surface area contributed by atoms with Gasteiger partial charge in [-0.25, -0.2) is 4.79 Å². The van der Waals surface area contributed by atoms with E-state index in [9.17, 15) is 4.79 Å². The van der Waals surface area contributed by atoms with Crippen LogP contribution in [0.3, 0.4) is 0 Å². The average molecular weight is 435 g/mol. The Morgan fingerprint density at radius 1 is 0.969 bits per heavy atom. The third-order valence-electron chi connectivity index (χ3n) is 6.94. The molecule has 2 amide bonds. The van der Waals surface area contributed by atoms with Crippen molar-refractivity contribution < 1.29 is 4.79 Å². The molecular weight excluding hydrogens is 396 g/mol. The van der Waals surface area contributed by atoms with E-state index >= 15 is 0 Å². The zero-order valence-electron chi connectivity index (χ0n) is 19.7. The highest BCUT2D eigenvalue weighted by atomic mass is 16.2. The van der Waals surface area contributed by atoms with Crippen LogP contribution in [0.4, 0.5) is 10.5 Å². The number of rotatable bonds is 7. The van der Waals surface area contributed by atoms with E-state index in [1.807, 2.05) is 7.05 Å². The smallest absolute Gasteiger partial charge is 0.317 e. The minimum Gasteiger partial charge on any atom is -0.371 e. The lowest BCUT2D eigenvalue weighted by Gasteiger charge is -2.30. The van der Waals surface area contributed by atoms with Gasteiger partial charge in [-0.3, -0.25) is 4.90 Å². The maximum absolute atomic E-state index is 12.7. The lowest BCUT2D eigenvalue weighted by atomic mass is 9.99. The van der Waals surface area contributed by atoms with Crippen LogP contribution in [-0.4, -0.2) is 49.1 Å². The SMILES string of the molecule is CC1CCN(Cc2ccc(CNC(=O)N(C)Cc3ccccc3N3CCCC3)cc2)CC1. The van der Waals surface area contributed by atoms with Crippen LogP contribution in [0.2, 0.25) is 0 Å². The van der Waals surface area contributed by atoms with E-state index in [-0.39, 0.29) is 6.03 Å². The normalized spacial score (nSPS) is 17.5. The van der Waals surface area contributed by atoms with E-state index in [1.165, 1.54) is 55.6 Å². The van der Waals surface area contributed by atoms with E-state index < -0.39 is 0 Å². The fraction of sp³-hybridized carbons (Fsp3) is 0.519. The quantitative estimate of drug-likeness (QED) is 0.676. The van der Waals surface area contributed by atoms with Crippen molar-refractivity contribution in [2.75, 3.05) is 38.1 Å². The molecule has 172 valence electrons. The summed E-state index contributed by atoms with van der Waals surface area (Å²) in [5.74, 6) is 0.865. The molecule has 2 aliphatic heterocycles. The molecule has 1 N–H and O–H groups in total. The third kappa shape index (κ3) is 6.04. The number of nitrogens with zero attached hydrogens (tertiary/aromatic N) is 3. The van der Waals surface area contributed by atoms with Gasteiger partial charge in [0.05, 0.1) is 0 Å². The van der Waals surface area contributed by atoms with Crippen LogP contribution in [0.15, 0.2) is 48.5 Å². The maximum Gasteiger partial charge on any atom is 0.317 e. The van der Waals surface area contributed by atoms with Crippen molar-refractivity contribution in [3.8, 4) is 0 Å². The van der Waals surface area contributed by atoms with Crippen LogP contribution in [0.1, 0.15) is 49.3 Å². The predicted molar refractivity (Wildman–Crippen MR) is 132 cm³/mol. The highest BCUT2D eigenvalue weighted by Gasteiger charge is 2.18. The summed E-state index contributed by atoms with van der Waals surface area (Å²) in [7, 11) is 1.87. The molecule has 0 spiro atoms. The summed E-state index contributed by atoms with van der Waals surface area (Å²) in [5, 5.41) is 3.08. The first-order valence-electron chi connectivity index (χ1n) is 12.2. The number of benzene rings is 2. The second-order valence-electron chi connectivity index (χ2n) is 9.61. The molecule has 0 unspecified atom stereocenters. The molecule has 2 aromatic carbocycles. The highest BCUT2D eigenvalue weighted by molar-refractivity contribution is 5.74. The Morgan fingerprint density at radius 3 is 2.34 bits per heavy atom. The topological polar surface area (TPSA) is 38.8 Å². The summed E-state index contributed by atoms with van der Waals surface area (Å²) in [4.78, 5) is 19.5. The Balaban J connectivity index is 1.25. The van der Waals surface area contributed by atoms with Gasteiger partial charge in [0.2, 0.25) is 0 Å². The molecule has 2 saturated heterocycles. The highest BCUT2D eigenvalue weighted by Crippen LogP contribution is 2.25. The van der Waals surface area contributed by atoms with Crippen molar-refractivity contribution in [2.45, 2.75) is 52.2 Å². The Bertz CT molecular complexity index is 867. The van der Waals surface area contributed by atoms with Crippen molar-refractivity contribution >= 4 is 11.7 Å². The van der Waals surface area contributed by atoms with Gasteiger partial charge in [0.15, 0.2) is 0 Å². The Hall–Kier alpha value is -2.53. The molecule has 0 aromatic heterocycles. The number of para-hydroxylation sites is 1. The second-order valence-corrected chi connectivity index (χ2v) is 9.61. The molecule has 0 saturated carbocycles. The Kier molecular flexibility index (Phi) is 7.69. The molecule has 2 aliphatic rings. The van der Waals surface area contributed by atoms with Crippen molar-refractivity contribution in [1.29, 1.82) is 0 Å². The van der Waals surface area contributed by atoms with Crippen LogP contribution in [0.5, 0.6) is 0 Å². The molecule has 2 aromatic rings. The first-order valence-corrected chi connectivity index (χ1v) is 12.2. The number of urea groups is 1. The lowest BCUT2D eigenvalue weighted by molar-refractivity contribution is 0.185. The van der Waals surface area contributed by atoms with Crippen molar-refractivity contribution in [2.24, 2.45) is 5.92 Å². The molecule has 0 radical (unpaired) electrons. The first kappa shape index (κ1) is 22.7. The molecule has 4 rings (SSSR count). The Labute approximate surface area is 193 Å². The molecule has 2 heterocycles. The van der Waals surface area contributed by atoms with Gasteiger partial charge in [0, 0.05) is 45.5 Å². The average Bonchev–Trinajstić information content (AvgIpc) is 3.35. The maximum atomic E-state index is 12.7. The Morgan fingerprint density at radius 2 is 1.62 bits per heavy atom. The minimum absolute atomic E-state index is 0.0345. The number of carbonyl (C=O) groups is 1. The summed E-state index contributed by atoms with van der Waals surface area (Å²) >= 11 is 0. The second kappa shape index (κ2) is 10.9. The fourth-order valence-electron chi connectivity index (χ4n) is 4.79. The predicted octanol–water partition coefficient (Wildman–Crippen LogP) is 4.86. The molecule has 5 nitrogen and oxygen atoms in total. The summed E-state index contributed by atoms with van der Waals surface area (Å²) in [6.07, 6.45) is 5.11. The summed E-state index contributed by atoms with van der Waals surface area (Å²) < 4.78 is 0. The summed E-state index contributed by atoms with van der Waals surface area (Å²) in [6.45, 7) is 9.17. The van der Waals surface area contributed by atoms with Gasteiger partial charge in [-0.2, -0.15) is 0 Å². The standard InChI is InChI=1S/C27H38N4O/c1-22-13-17-30(18-14-22)20-24-11-9-23(10-12-24)19-28-27(32)29(2)21-25-7-3-4-8-26(25)31-15-5-6-16-31/h3-4,7-12,22H,5-6,13-21H2,1-2H3,(H,28,32). The summed E-state index contributed by atoms with van der Waals surface area (Å²) in [6, 6.07) is 17.1. The molecule has 0 aliphatic carbocycles. The zero-order valence-corrected chi connectivity index (χ0v) is 19.7. The lowest BCUT2D eigenvalue weighted by Crippen LogP contribution is -2.36. The van der Waals surface area contributed by atoms with Crippen LogP contribution < -0.4 is 10.2 Å². The van der Waals surface area contributed by atoms with Crippen LogP contribution in [-0.2, 0) is 19.6 Å². The number of anilines is 1. The van der Waals surface area contributed by atoms with Crippen LogP contribution in [0.25, 0.3) is 0 Å². The summed E-state index contributed by atoms with van der Waals surface area (Å²) in [5.41, 5.74) is 4.97. The fourth-order valence-corrected chi connectivity index (χ4v) is 4.79. The number of nitrogens with one attached hydrogen (secondary N) is 1. The van der Waals surface area contributed by atoms with Gasteiger partial charge in [0.25, 0.3) is 0 Å². The number of carbonyl (C=O) groups excluding carboxylic acids is 1. The van der Waals surface area contributed by atoms with E-state index in [1.54, 1.807) is 4.90 Å². The molecule has 2 fully saturated rings. The van der Waals surface area contributed by atoms with E-state index in [2.05, 4.69) is 70.6 Å². The van der Waals surface area contributed by atoms with Crippen LogP contribution in [0, 0.1) is 5.92 Å². The molecule has 5 heteroatoms.